The Balaban J connectivity index is 2.05. The molecule has 4 heteroatoms. The SMILES string of the molecule is CCSc1ccc(-c2ncc(CNC(C)C)s2)cc1. The molecule has 0 radical (unpaired) electrons. The minimum atomic E-state index is 0.510. The molecule has 1 N–H and O–H groups in total. The van der Waals surface area contributed by atoms with E-state index in [0.29, 0.717) is 6.04 Å². The molecule has 0 saturated carbocycles. The molecule has 0 aliphatic rings. The van der Waals surface area contributed by atoms with E-state index in [9.17, 15) is 0 Å². The molecule has 2 rings (SSSR count). The van der Waals surface area contributed by atoms with E-state index in [2.05, 4.69) is 55.3 Å². The van der Waals surface area contributed by atoms with Crippen LogP contribution in [0.4, 0.5) is 0 Å². The highest BCUT2D eigenvalue weighted by atomic mass is 32.2. The standard InChI is InChI=1S/C15H20N2S2/c1-4-18-13-7-5-12(6-8-13)15-17-10-14(19-15)9-16-11(2)3/h5-8,10-11,16H,4,9H2,1-3H3. The van der Waals surface area contributed by atoms with Crippen molar-refractivity contribution in [1.29, 1.82) is 0 Å². The molecule has 0 bridgehead atoms. The van der Waals surface area contributed by atoms with Gasteiger partial charge in [-0.25, -0.2) is 4.98 Å². The minimum absolute atomic E-state index is 0.510. The number of nitrogens with zero attached hydrogens (tertiary/aromatic N) is 1. The van der Waals surface area contributed by atoms with Gasteiger partial charge in [0, 0.05) is 34.1 Å². The van der Waals surface area contributed by atoms with Crippen molar-refractivity contribution in [2.24, 2.45) is 0 Å². The molecule has 0 saturated heterocycles. The molecule has 2 nitrogen and oxygen atoms in total. The zero-order valence-corrected chi connectivity index (χ0v) is 13.3. The Bertz CT molecular complexity index is 503. The van der Waals surface area contributed by atoms with Gasteiger partial charge < -0.3 is 5.32 Å². The third kappa shape index (κ3) is 4.34. The summed E-state index contributed by atoms with van der Waals surface area (Å²) in [5, 5.41) is 4.52. The molecular formula is C15H20N2S2. The summed E-state index contributed by atoms with van der Waals surface area (Å²) in [6.07, 6.45) is 1.98. The maximum Gasteiger partial charge on any atom is 0.123 e. The quantitative estimate of drug-likeness (QED) is 0.798. The number of benzene rings is 1. The summed E-state index contributed by atoms with van der Waals surface area (Å²) in [5.74, 6) is 1.11. The zero-order chi connectivity index (χ0) is 13.7. The summed E-state index contributed by atoms with van der Waals surface area (Å²) < 4.78 is 0. The van der Waals surface area contributed by atoms with Crippen molar-refractivity contribution < 1.29 is 0 Å². The van der Waals surface area contributed by atoms with Crippen LogP contribution in [0.1, 0.15) is 25.6 Å². The average Bonchev–Trinajstić information content (AvgIpc) is 2.86. The Labute approximate surface area is 123 Å². The predicted octanol–water partition coefficient (Wildman–Crippen LogP) is 4.42. The fraction of sp³-hybridized carbons (Fsp3) is 0.400. The normalized spacial score (nSPS) is 11.2. The summed E-state index contributed by atoms with van der Waals surface area (Å²) in [5.41, 5.74) is 1.21. The van der Waals surface area contributed by atoms with Crippen LogP contribution in [0.5, 0.6) is 0 Å². The first kappa shape index (κ1) is 14.6. The largest absolute Gasteiger partial charge is 0.310 e. The summed E-state index contributed by atoms with van der Waals surface area (Å²) in [6.45, 7) is 7.39. The van der Waals surface area contributed by atoms with Crippen LogP contribution >= 0.6 is 23.1 Å². The van der Waals surface area contributed by atoms with Crippen molar-refractivity contribution in [3.8, 4) is 10.6 Å². The predicted molar refractivity (Wildman–Crippen MR) is 85.9 cm³/mol. The average molecular weight is 292 g/mol. The second-order valence-electron chi connectivity index (χ2n) is 4.62. The van der Waals surface area contributed by atoms with E-state index in [-0.39, 0.29) is 0 Å². The number of aromatic nitrogens is 1. The molecule has 102 valence electrons. The van der Waals surface area contributed by atoms with Crippen LogP contribution in [0, 0.1) is 0 Å². The lowest BCUT2D eigenvalue weighted by Crippen LogP contribution is -2.21. The van der Waals surface area contributed by atoms with Crippen LogP contribution in [-0.4, -0.2) is 16.8 Å². The Morgan fingerprint density at radius 3 is 2.63 bits per heavy atom. The van der Waals surface area contributed by atoms with E-state index in [4.69, 9.17) is 0 Å². The lowest BCUT2D eigenvalue weighted by Gasteiger charge is -2.04. The van der Waals surface area contributed by atoms with Crippen molar-refractivity contribution in [2.75, 3.05) is 5.75 Å². The molecule has 0 aliphatic heterocycles. The maximum atomic E-state index is 4.51. The van der Waals surface area contributed by atoms with Crippen LogP contribution < -0.4 is 5.32 Å². The van der Waals surface area contributed by atoms with Crippen molar-refractivity contribution in [3.05, 3.63) is 35.3 Å². The molecule has 0 amide bonds. The molecule has 0 fully saturated rings. The Hall–Kier alpha value is -0.840. The lowest BCUT2D eigenvalue weighted by molar-refractivity contribution is 0.593. The molecule has 0 atom stereocenters. The number of rotatable bonds is 6. The number of thioether (sulfide) groups is 1. The van der Waals surface area contributed by atoms with Gasteiger partial charge in [-0.3, -0.25) is 0 Å². The number of hydrogen-bond donors (Lipinski definition) is 1. The van der Waals surface area contributed by atoms with E-state index in [0.717, 1.165) is 17.3 Å². The van der Waals surface area contributed by atoms with Crippen molar-refractivity contribution >= 4 is 23.1 Å². The molecule has 1 heterocycles. The minimum Gasteiger partial charge on any atom is -0.310 e. The van der Waals surface area contributed by atoms with Crippen LogP contribution in [0.2, 0.25) is 0 Å². The van der Waals surface area contributed by atoms with E-state index < -0.39 is 0 Å². The van der Waals surface area contributed by atoms with E-state index in [1.165, 1.54) is 15.3 Å². The van der Waals surface area contributed by atoms with Gasteiger partial charge in [0.2, 0.25) is 0 Å². The third-order valence-electron chi connectivity index (χ3n) is 2.65. The second-order valence-corrected chi connectivity index (χ2v) is 7.08. The van der Waals surface area contributed by atoms with Crippen LogP contribution in [-0.2, 0) is 6.54 Å². The number of nitrogens with one attached hydrogen (secondary N) is 1. The van der Waals surface area contributed by atoms with Gasteiger partial charge in [-0.1, -0.05) is 32.9 Å². The molecule has 0 spiro atoms. The molecule has 19 heavy (non-hydrogen) atoms. The summed E-state index contributed by atoms with van der Waals surface area (Å²) in [4.78, 5) is 7.12. The molecule has 2 aromatic rings. The zero-order valence-electron chi connectivity index (χ0n) is 11.6. The molecule has 1 aromatic heterocycles. The van der Waals surface area contributed by atoms with Gasteiger partial charge in [0.05, 0.1) is 0 Å². The Morgan fingerprint density at radius 2 is 2.00 bits per heavy atom. The van der Waals surface area contributed by atoms with Crippen LogP contribution in [0.3, 0.4) is 0 Å². The lowest BCUT2D eigenvalue weighted by atomic mass is 10.2. The van der Waals surface area contributed by atoms with Crippen molar-refractivity contribution in [3.63, 3.8) is 0 Å². The topological polar surface area (TPSA) is 24.9 Å². The van der Waals surface area contributed by atoms with Crippen LogP contribution in [0.25, 0.3) is 10.6 Å². The molecule has 1 aromatic carbocycles. The van der Waals surface area contributed by atoms with Crippen LogP contribution in [0.15, 0.2) is 35.4 Å². The monoisotopic (exact) mass is 292 g/mol. The fourth-order valence-corrected chi connectivity index (χ4v) is 3.22. The Morgan fingerprint density at radius 1 is 1.26 bits per heavy atom. The Kier molecular flexibility index (Phi) is 5.43. The smallest absolute Gasteiger partial charge is 0.123 e. The van der Waals surface area contributed by atoms with Crippen molar-refractivity contribution in [1.82, 2.24) is 10.3 Å². The molecular weight excluding hydrogens is 272 g/mol. The summed E-state index contributed by atoms with van der Waals surface area (Å²) in [7, 11) is 0. The number of thiazole rings is 1. The fourth-order valence-electron chi connectivity index (χ4n) is 1.69. The van der Waals surface area contributed by atoms with Gasteiger partial charge in [0.25, 0.3) is 0 Å². The third-order valence-corrected chi connectivity index (χ3v) is 4.59. The molecule has 0 aliphatic carbocycles. The summed E-state index contributed by atoms with van der Waals surface area (Å²) in [6, 6.07) is 9.19. The van der Waals surface area contributed by atoms with E-state index in [1.54, 1.807) is 11.3 Å². The highest BCUT2D eigenvalue weighted by molar-refractivity contribution is 7.99. The first-order chi connectivity index (χ1) is 9.19. The van der Waals surface area contributed by atoms with Gasteiger partial charge in [0.15, 0.2) is 0 Å². The highest BCUT2D eigenvalue weighted by Crippen LogP contribution is 2.27. The highest BCUT2D eigenvalue weighted by Gasteiger charge is 2.05. The van der Waals surface area contributed by atoms with Gasteiger partial charge in [0.1, 0.15) is 5.01 Å². The first-order valence-corrected chi connectivity index (χ1v) is 8.40. The summed E-state index contributed by atoms with van der Waals surface area (Å²) >= 11 is 3.64. The first-order valence-electron chi connectivity index (χ1n) is 6.60. The van der Waals surface area contributed by atoms with E-state index >= 15 is 0 Å². The van der Waals surface area contributed by atoms with Gasteiger partial charge in [-0.05, 0) is 17.9 Å². The van der Waals surface area contributed by atoms with Gasteiger partial charge in [-0.15, -0.1) is 23.1 Å². The second kappa shape index (κ2) is 7.08. The van der Waals surface area contributed by atoms with Gasteiger partial charge >= 0.3 is 0 Å². The van der Waals surface area contributed by atoms with E-state index in [1.807, 2.05) is 18.0 Å². The number of hydrogen-bond acceptors (Lipinski definition) is 4. The molecule has 0 unspecified atom stereocenters. The maximum absolute atomic E-state index is 4.51. The van der Waals surface area contributed by atoms with Gasteiger partial charge in [-0.2, -0.15) is 0 Å². The van der Waals surface area contributed by atoms with Crippen molar-refractivity contribution in [2.45, 2.75) is 38.3 Å².